The third-order valence-corrected chi connectivity index (χ3v) is 4.35. The lowest BCUT2D eigenvalue weighted by Gasteiger charge is -2.34. The van der Waals surface area contributed by atoms with Crippen molar-refractivity contribution in [3.8, 4) is 0 Å². The highest BCUT2D eigenvalue weighted by molar-refractivity contribution is 7.13. The summed E-state index contributed by atoms with van der Waals surface area (Å²) < 4.78 is 5.42. The zero-order valence-corrected chi connectivity index (χ0v) is 12.5. The molecule has 0 aromatic carbocycles. The van der Waals surface area contributed by atoms with E-state index in [9.17, 15) is 9.59 Å². The molecule has 1 aromatic rings. The van der Waals surface area contributed by atoms with E-state index in [0.717, 1.165) is 22.5 Å². The van der Waals surface area contributed by atoms with Crippen LogP contribution >= 0.6 is 11.3 Å². The first-order valence-electron chi connectivity index (χ1n) is 6.39. The lowest BCUT2D eigenvalue weighted by atomic mass is 10.0. The van der Waals surface area contributed by atoms with Gasteiger partial charge in [-0.2, -0.15) is 0 Å². The highest BCUT2D eigenvalue weighted by atomic mass is 32.1. The van der Waals surface area contributed by atoms with Gasteiger partial charge in [0.1, 0.15) is 5.60 Å². The summed E-state index contributed by atoms with van der Waals surface area (Å²) in [7, 11) is 0. The number of rotatable bonds is 1. The molecule has 2 heterocycles. The van der Waals surface area contributed by atoms with E-state index < -0.39 is 5.60 Å². The predicted molar refractivity (Wildman–Crippen MR) is 74.8 cm³/mol. The minimum atomic E-state index is -0.486. The largest absolute Gasteiger partial charge is 0.444 e. The van der Waals surface area contributed by atoms with Crippen molar-refractivity contribution in [1.82, 2.24) is 4.90 Å². The van der Waals surface area contributed by atoms with E-state index in [-0.39, 0.29) is 12.1 Å². The topological polar surface area (TPSA) is 46.6 Å². The molecule has 0 bridgehead atoms. The van der Waals surface area contributed by atoms with Gasteiger partial charge in [-0.05, 0) is 45.7 Å². The molecule has 0 saturated carbocycles. The molecule has 1 unspecified atom stereocenters. The Hall–Kier alpha value is -1.36. The van der Waals surface area contributed by atoms with Crippen LogP contribution in [0.25, 0.3) is 0 Å². The second kappa shape index (κ2) is 4.96. The molecule has 1 aliphatic rings. The molecule has 0 fully saturated rings. The van der Waals surface area contributed by atoms with Crippen molar-refractivity contribution in [3.05, 3.63) is 21.4 Å². The number of thiophene rings is 1. The Kier molecular flexibility index (Phi) is 3.67. The third kappa shape index (κ3) is 2.97. The third-order valence-electron chi connectivity index (χ3n) is 3.07. The van der Waals surface area contributed by atoms with Crippen molar-refractivity contribution in [3.63, 3.8) is 0 Å². The average Bonchev–Trinajstić information content (AvgIpc) is 2.71. The van der Waals surface area contributed by atoms with Crippen LogP contribution in [0.1, 0.15) is 53.8 Å². The molecular formula is C14H19NO3S. The van der Waals surface area contributed by atoms with Gasteiger partial charge in [-0.15, -0.1) is 11.3 Å². The lowest BCUT2D eigenvalue weighted by Crippen LogP contribution is -2.41. The van der Waals surface area contributed by atoms with Crippen LogP contribution in [0.5, 0.6) is 0 Å². The number of hydrogen-bond donors (Lipinski definition) is 0. The molecule has 1 aliphatic heterocycles. The van der Waals surface area contributed by atoms with E-state index in [1.165, 1.54) is 16.9 Å². The summed E-state index contributed by atoms with van der Waals surface area (Å²) in [5.41, 5.74) is 0.694. The van der Waals surface area contributed by atoms with Gasteiger partial charge in [-0.3, -0.25) is 4.79 Å². The lowest BCUT2D eigenvalue weighted by molar-refractivity contribution is 0.0164. The standard InChI is InChI=1S/C14H19NO3S/c1-9-12-10(7-11(8-16)19-12)5-6-15(9)13(17)18-14(2,3)4/h7-9H,5-6H2,1-4H3. The van der Waals surface area contributed by atoms with Crippen molar-refractivity contribution in [2.45, 2.75) is 45.8 Å². The summed E-state index contributed by atoms with van der Waals surface area (Å²) in [4.78, 5) is 26.5. The first-order valence-corrected chi connectivity index (χ1v) is 7.21. The Morgan fingerprint density at radius 3 is 2.79 bits per heavy atom. The number of nitrogens with zero attached hydrogens (tertiary/aromatic N) is 1. The monoisotopic (exact) mass is 281 g/mol. The zero-order valence-electron chi connectivity index (χ0n) is 11.7. The number of amides is 1. The molecule has 0 aliphatic carbocycles. The first-order chi connectivity index (χ1) is 8.81. The van der Waals surface area contributed by atoms with Gasteiger partial charge >= 0.3 is 6.09 Å². The normalized spacial score (nSPS) is 18.9. The Morgan fingerprint density at radius 1 is 1.53 bits per heavy atom. The van der Waals surface area contributed by atoms with Crippen LogP contribution in [-0.2, 0) is 11.2 Å². The van der Waals surface area contributed by atoms with Crippen molar-refractivity contribution in [1.29, 1.82) is 0 Å². The van der Waals surface area contributed by atoms with E-state index in [1.54, 1.807) is 4.90 Å². The summed E-state index contributed by atoms with van der Waals surface area (Å²) in [6, 6.07) is 1.90. The van der Waals surface area contributed by atoms with Crippen LogP contribution in [0.2, 0.25) is 0 Å². The summed E-state index contributed by atoms with van der Waals surface area (Å²) in [5.74, 6) is 0. The molecule has 1 amide bonds. The smallest absolute Gasteiger partial charge is 0.410 e. The fraction of sp³-hybridized carbons (Fsp3) is 0.571. The minimum Gasteiger partial charge on any atom is -0.444 e. The van der Waals surface area contributed by atoms with E-state index in [0.29, 0.717) is 6.54 Å². The van der Waals surface area contributed by atoms with Gasteiger partial charge in [0.05, 0.1) is 10.9 Å². The summed E-state index contributed by atoms with van der Waals surface area (Å²) in [6.07, 6.45) is 1.36. The van der Waals surface area contributed by atoms with Gasteiger partial charge < -0.3 is 9.64 Å². The van der Waals surface area contributed by atoms with Gasteiger partial charge in [0.15, 0.2) is 6.29 Å². The highest BCUT2D eigenvalue weighted by Crippen LogP contribution is 2.36. The molecule has 4 nitrogen and oxygen atoms in total. The van der Waals surface area contributed by atoms with E-state index in [2.05, 4.69) is 0 Å². The van der Waals surface area contributed by atoms with Gasteiger partial charge in [-0.1, -0.05) is 0 Å². The molecule has 1 atom stereocenters. The fourth-order valence-corrected chi connectivity index (χ4v) is 3.31. The Morgan fingerprint density at radius 2 is 2.21 bits per heavy atom. The average molecular weight is 281 g/mol. The summed E-state index contributed by atoms with van der Waals surface area (Å²) in [5, 5.41) is 0. The molecule has 19 heavy (non-hydrogen) atoms. The van der Waals surface area contributed by atoms with Gasteiger partial charge in [0.2, 0.25) is 0 Å². The van der Waals surface area contributed by atoms with Crippen LogP contribution < -0.4 is 0 Å². The fourth-order valence-electron chi connectivity index (χ4n) is 2.22. The molecule has 1 aromatic heterocycles. The Bertz CT molecular complexity index is 501. The van der Waals surface area contributed by atoms with Crippen molar-refractivity contribution >= 4 is 23.7 Å². The number of hydrogen-bond acceptors (Lipinski definition) is 4. The molecular weight excluding hydrogens is 262 g/mol. The molecule has 2 rings (SSSR count). The maximum absolute atomic E-state index is 12.1. The molecule has 5 heteroatoms. The first kappa shape index (κ1) is 14.1. The quantitative estimate of drug-likeness (QED) is 0.741. The van der Waals surface area contributed by atoms with Crippen LogP contribution in [0.4, 0.5) is 4.79 Å². The minimum absolute atomic E-state index is 0.0303. The molecule has 104 valence electrons. The van der Waals surface area contributed by atoms with Crippen molar-refractivity contribution in [2.24, 2.45) is 0 Å². The predicted octanol–water partition coefficient (Wildman–Crippen LogP) is 3.41. The number of aldehydes is 1. The number of carbonyl (C=O) groups is 2. The summed E-state index contributed by atoms with van der Waals surface area (Å²) in [6.45, 7) is 8.20. The second-order valence-corrected chi connectivity index (χ2v) is 6.87. The second-order valence-electron chi connectivity index (χ2n) is 5.76. The van der Waals surface area contributed by atoms with Crippen LogP contribution in [0, 0.1) is 0 Å². The van der Waals surface area contributed by atoms with Gasteiger partial charge in [0, 0.05) is 11.4 Å². The van der Waals surface area contributed by atoms with Crippen LogP contribution in [-0.4, -0.2) is 29.4 Å². The van der Waals surface area contributed by atoms with Crippen molar-refractivity contribution in [2.75, 3.05) is 6.54 Å². The van der Waals surface area contributed by atoms with Gasteiger partial charge in [-0.25, -0.2) is 4.79 Å². The highest BCUT2D eigenvalue weighted by Gasteiger charge is 2.32. The summed E-state index contributed by atoms with van der Waals surface area (Å²) >= 11 is 1.47. The molecule has 0 saturated heterocycles. The number of fused-ring (bicyclic) bond motifs is 1. The van der Waals surface area contributed by atoms with E-state index >= 15 is 0 Å². The molecule has 0 spiro atoms. The van der Waals surface area contributed by atoms with E-state index in [1.807, 2.05) is 33.8 Å². The Labute approximate surface area is 117 Å². The molecule has 0 N–H and O–H groups in total. The zero-order chi connectivity index (χ0) is 14.2. The van der Waals surface area contributed by atoms with Gasteiger partial charge in [0.25, 0.3) is 0 Å². The molecule has 0 radical (unpaired) electrons. The van der Waals surface area contributed by atoms with E-state index in [4.69, 9.17) is 4.74 Å². The number of ether oxygens (including phenoxy) is 1. The number of carbonyl (C=O) groups excluding carboxylic acids is 2. The maximum atomic E-state index is 12.1. The SMILES string of the molecule is CC1c2sc(C=O)cc2CCN1C(=O)OC(C)(C)C. The Balaban J connectivity index is 2.18. The van der Waals surface area contributed by atoms with Crippen LogP contribution in [0.15, 0.2) is 6.07 Å². The van der Waals surface area contributed by atoms with Crippen molar-refractivity contribution < 1.29 is 14.3 Å². The van der Waals surface area contributed by atoms with Crippen LogP contribution in [0.3, 0.4) is 0 Å². The maximum Gasteiger partial charge on any atom is 0.410 e.